The summed E-state index contributed by atoms with van der Waals surface area (Å²) in [6, 6.07) is 3.20. The van der Waals surface area contributed by atoms with Gasteiger partial charge < -0.3 is 0 Å². The molecule has 1 aromatic heterocycles. The number of fused-ring (bicyclic) bond motifs is 1. The minimum Gasteiger partial charge on any atom is -0.251 e. The van der Waals surface area contributed by atoms with Crippen LogP contribution in [0.4, 0.5) is 13.2 Å². The van der Waals surface area contributed by atoms with Gasteiger partial charge in [0.2, 0.25) is 0 Å². The predicted molar refractivity (Wildman–Crippen MR) is 61.5 cm³/mol. The highest BCUT2D eigenvalue weighted by Crippen LogP contribution is 2.35. The number of hydrogen-bond donors (Lipinski definition) is 0. The van der Waals surface area contributed by atoms with Gasteiger partial charge in [0.25, 0.3) is 0 Å². The molecule has 0 saturated carbocycles. The molecule has 17 heavy (non-hydrogen) atoms. The van der Waals surface area contributed by atoms with Crippen molar-refractivity contribution in [2.24, 2.45) is 0 Å². The summed E-state index contributed by atoms with van der Waals surface area (Å²) in [7, 11) is 0. The number of benzene rings is 1. The van der Waals surface area contributed by atoms with E-state index in [1.54, 1.807) is 6.92 Å². The summed E-state index contributed by atoms with van der Waals surface area (Å²) in [6.07, 6.45) is -4.39. The van der Waals surface area contributed by atoms with Gasteiger partial charge in [-0.1, -0.05) is 29.3 Å². The molecule has 0 amide bonds. The lowest BCUT2D eigenvalue weighted by Gasteiger charge is -2.09. The van der Waals surface area contributed by atoms with Crippen LogP contribution in [0.15, 0.2) is 18.2 Å². The molecule has 2 rings (SSSR count). The second-order valence-corrected chi connectivity index (χ2v) is 4.31. The van der Waals surface area contributed by atoms with E-state index in [9.17, 15) is 13.2 Å². The third-order valence-electron chi connectivity index (χ3n) is 2.36. The average molecular weight is 280 g/mol. The number of rotatable bonds is 0. The molecule has 1 aromatic carbocycles. The summed E-state index contributed by atoms with van der Waals surface area (Å²) in [5, 5.41) is 0.900. The van der Waals surface area contributed by atoms with Crippen molar-refractivity contribution in [3.8, 4) is 0 Å². The fraction of sp³-hybridized carbons (Fsp3) is 0.182. The van der Waals surface area contributed by atoms with Gasteiger partial charge in [-0.2, -0.15) is 13.2 Å². The second kappa shape index (κ2) is 4.03. The molecule has 0 N–H and O–H groups in total. The van der Waals surface area contributed by atoms with Crippen LogP contribution in [0.5, 0.6) is 0 Å². The van der Waals surface area contributed by atoms with E-state index in [0.717, 1.165) is 12.1 Å². The van der Waals surface area contributed by atoms with Gasteiger partial charge in [0.05, 0.1) is 26.8 Å². The lowest BCUT2D eigenvalue weighted by atomic mass is 10.1. The van der Waals surface area contributed by atoms with Crippen LogP contribution in [-0.2, 0) is 6.18 Å². The Morgan fingerprint density at radius 1 is 1.12 bits per heavy atom. The zero-order valence-electron chi connectivity index (χ0n) is 8.57. The molecule has 0 aliphatic rings. The normalized spacial score (nSPS) is 12.1. The number of alkyl halides is 3. The maximum absolute atomic E-state index is 12.5. The van der Waals surface area contributed by atoms with Crippen molar-refractivity contribution in [2.45, 2.75) is 13.1 Å². The van der Waals surface area contributed by atoms with Crippen molar-refractivity contribution in [3.05, 3.63) is 39.5 Å². The molecular formula is C11H6Cl2F3N. The molecule has 0 fully saturated rings. The summed E-state index contributed by atoms with van der Waals surface area (Å²) in [4.78, 5) is 3.99. The Morgan fingerprint density at radius 3 is 2.35 bits per heavy atom. The Bertz CT molecular complexity index is 593. The summed E-state index contributed by atoms with van der Waals surface area (Å²) >= 11 is 11.8. The van der Waals surface area contributed by atoms with E-state index in [2.05, 4.69) is 4.98 Å². The fourth-order valence-corrected chi connectivity index (χ4v) is 1.93. The molecule has 0 unspecified atom stereocenters. The predicted octanol–water partition coefficient (Wildman–Crippen LogP) is 4.87. The molecule has 0 aliphatic heterocycles. The van der Waals surface area contributed by atoms with Crippen molar-refractivity contribution in [1.82, 2.24) is 4.98 Å². The number of aromatic nitrogens is 1. The van der Waals surface area contributed by atoms with Crippen LogP contribution >= 0.6 is 23.2 Å². The summed E-state index contributed by atoms with van der Waals surface area (Å²) < 4.78 is 37.5. The first-order chi connectivity index (χ1) is 7.80. The van der Waals surface area contributed by atoms with E-state index in [-0.39, 0.29) is 15.6 Å². The van der Waals surface area contributed by atoms with E-state index in [1.165, 1.54) is 6.07 Å². The monoisotopic (exact) mass is 279 g/mol. The first-order valence-electron chi connectivity index (χ1n) is 4.63. The summed E-state index contributed by atoms with van der Waals surface area (Å²) in [6.45, 7) is 1.59. The Kier molecular flexibility index (Phi) is 2.96. The van der Waals surface area contributed by atoms with Gasteiger partial charge in [-0.3, -0.25) is 4.98 Å². The lowest BCUT2D eigenvalue weighted by Crippen LogP contribution is -2.04. The smallest absolute Gasteiger partial charge is 0.251 e. The van der Waals surface area contributed by atoms with Gasteiger partial charge in [0.15, 0.2) is 0 Å². The summed E-state index contributed by atoms with van der Waals surface area (Å²) in [5.41, 5.74) is -0.162. The molecule has 0 aliphatic carbocycles. The highest BCUT2D eigenvalue weighted by atomic mass is 35.5. The van der Waals surface area contributed by atoms with Crippen LogP contribution < -0.4 is 0 Å². The van der Waals surface area contributed by atoms with E-state index < -0.39 is 11.7 Å². The fourth-order valence-electron chi connectivity index (χ4n) is 1.49. The highest BCUT2D eigenvalue weighted by Gasteiger charge is 2.30. The molecule has 1 nitrogen and oxygen atoms in total. The third-order valence-corrected chi connectivity index (χ3v) is 3.31. The maximum atomic E-state index is 12.5. The van der Waals surface area contributed by atoms with Crippen molar-refractivity contribution < 1.29 is 13.2 Å². The minimum absolute atomic E-state index is 0.187. The van der Waals surface area contributed by atoms with Crippen LogP contribution in [-0.4, -0.2) is 4.98 Å². The van der Waals surface area contributed by atoms with Crippen molar-refractivity contribution in [3.63, 3.8) is 0 Å². The van der Waals surface area contributed by atoms with Crippen molar-refractivity contribution in [1.29, 1.82) is 0 Å². The number of nitrogens with zero attached hydrogens (tertiary/aromatic N) is 1. The van der Waals surface area contributed by atoms with Crippen LogP contribution in [0.3, 0.4) is 0 Å². The topological polar surface area (TPSA) is 12.9 Å². The molecule has 0 bridgehead atoms. The Balaban J connectivity index is 2.76. The van der Waals surface area contributed by atoms with Crippen LogP contribution in [0.25, 0.3) is 10.9 Å². The number of hydrogen-bond acceptors (Lipinski definition) is 1. The Hall–Kier alpha value is -1.000. The first-order valence-corrected chi connectivity index (χ1v) is 5.39. The molecule has 0 radical (unpaired) electrons. The lowest BCUT2D eigenvalue weighted by molar-refractivity contribution is -0.137. The third kappa shape index (κ3) is 2.19. The molecule has 90 valence electrons. The minimum atomic E-state index is -4.39. The van der Waals surface area contributed by atoms with Crippen LogP contribution in [0.2, 0.25) is 10.0 Å². The van der Waals surface area contributed by atoms with E-state index in [0.29, 0.717) is 11.1 Å². The van der Waals surface area contributed by atoms with Gasteiger partial charge >= 0.3 is 6.18 Å². The summed E-state index contributed by atoms with van der Waals surface area (Å²) in [5.74, 6) is 0. The highest BCUT2D eigenvalue weighted by molar-refractivity contribution is 6.45. The largest absolute Gasteiger partial charge is 0.416 e. The number of aryl methyl sites for hydroxylation is 1. The van der Waals surface area contributed by atoms with Crippen molar-refractivity contribution >= 4 is 34.1 Å². The van der Waals surface area contributed by atoms with E-state index in [4.69, 9.17) is 23.2 Å². The SMILES string of the molecule is Cc1nc2cc(C(F)(F)F)ccc2c(Cl)c1Cl. The van der Waals surface area contributed by atoms with E-state index in [1.807, 2.05) is 0 Å². The Labute approximate surface area is 105 Å². The molecule has 0 spiro atoms. The first kappa shape index (κ1) is 12.5. The van der Waals surface area contributed by atoms with Gasteiger partial charge in [0.1, 0.15) is 0 Å². The van der Waals surface area contributed by atoms with Crippen LogP contribution in [0, 0.1) is 6.92 Å². The van der Waals surface area contributed by atoms with E-state index >= 15 is 0 Å². The average Bonchev–Trinajstić information content (AvgIpc) is 2.24. The maximum Gasteiger partial charge on any atom is 0.416 e. The molecule has 0 atom stereocenters. The van der Waals surface area contributed by atoms with Crippen LogP contribution in [0.1, 0.15) is 11.3 Å². The van der Waals surface area contributed by atoms with Gasteiger partial charge in [0, 0.05) is 5.39 Å². The number of pyridine rings is 1. The van der Waals surface area contributed by atoms with Gasteiger partial charge in [-0.25, -0.2) is 0 Å². The standard InChI is InChI=1S/C11H6Cl2F3N/c1-5-9(12)10(13)7-3-2-6(11(14,15)16)4-8(7)17-5/h2-4H,1H3. The second-order valence-electron chi connectivity index (χ2n) is 3.55. The Morgan fingerprint density at radius 2 is 1.76 bits per heavy atom. The molecular weight excluding hydrogens is 274 g/mol. The number of halogens is 5. The van der Waals surface area contributed by atoms with Gasteiger partial charge in [-0.15, -0.1) is 0 Å². The van der Waals surface area contributed by atoms with Gasteiger partial charge in [-0.05, 0) is 19.1 Å². The molecule has 0 saturated heterocycles. The zero-order chi connectivity index (χ0) is 12.8. The molecule has 2 aromatic rings. The zero-order valence-corrected chi connectivity index (χ0v) is 10.1. The van der Waals surface area contributed by atoms with Crippen molar-refractivity contribution in [2.75, 3.05) is 0 Å². The molecule has 6 heteroatoms. The molecule has 1 heterocycles. The quantitative estimate of drug-likeness (QED) is 0.671.